The quantitative estimate of drug-likeness (QED) is 0.445. The molecule has 0 aliphatic heterocycles. The Labute approximate surface area is 190 Å². The van der Waals surface area contributed by atoms with Gasteiger partial charge in [-0.2, -0.15) is 0 Å². The lowest BCUT2D eigenvalue weighted by atomic mass is 10.1. The summed E-state index contributed by atoms with van der Waals surface area (Å²) in [5.74, 6) is 1.57. The van der Waals surface area contributed by atoms with Gasteiger partial charge in [-0.05, 0) is 58.7 Å². The van der Waals surface area contributed by atoms with Gasteiger partial charge in [0.2, 0.25) is 0 Å². The summed E-state index contributed by atoms with van der Waals surface area (Å²) in [5.41, 5.74) is 4.28. The van der Waals surface area contributed by atoms with Crippen molar-refractivity contribution in [2.24, 2.45) is 4.99 Å². The van der Waals surface area contributed by atoms with Crippen LogP contribution in [0.1, 0.15) is 43.2 Å². The highest BCUT2D eigenvalue weighted by atomic mass is 16.6. The Kier molecular flexibility index (Phi) is 8.87. The molecule has 0 fully saturated rings. The van der Waals surface area contributed by atoms with E-state index in [0.29, 0.717) is 24.7 Å². The van der Waals surface area contributed by atoms with Gasteiger partial charge >= 0.3 is 6.09 Å². The normalized spacial score (nSPS) is 11.7. The van der Waals surface area contributed by atoms with Gasteiger partial charge in [0.15, 0.2) is 5.96 Å². The first-order chi connectivity index (χ1) is 15.1. The molecule has 0 atom stereocenters. The molecule has 0 spiro atoms. The topological polar surface area (TPSA) is 96.9 Å². The minimum atomic E-state index is -0.525. The Bertz CT molecular complexity index is 934. The summed E-state index contributed by atoms with van der Waals surface area (Å²) in [6.45, 7) is 10.8. The summed E-state index contributed by atoms with van der Waals surface area (Å²) in [4.78, 5) is 20.6. The van der Waals surface area contributed by atoms with Crippen molar-refractivity contribution in [3.8, 4) is 5.75 Å². The highest BCUT2D eigenvalue weighted by Crippen LogP contribution is 2.23. The van der Waals surface area contributed by atoms with E-state index < -0.39 is 11.7 Å². The Morgan fingerprint density at radius 2 is 1.81 bits per heavy atom. The summed E-state index contributed by atoms with van der Waals surface area (Å²) in [7, 11) is 3.41. The standard InChI is InChI=1S/C24H35N5O3/c1-16-14-27-20(17(2)21(16)31-7)15-28-22(25-6)26-13-12-18-8-10-19(11-9-18)29-23(30)32-24(3,4)5/h8-11,14H,12-13,15H2,1-7H3,(H,29,30)(H2,25,26,28). The lowest BCUT2D eigenvalue weighted by Gasteiger charge is -2.19. The maximum Gasteiger partial charge on any atom is 0.412 e. The van der Waals surface area contributed by atoms with Crippen molar-refractivity contribution >= 4 is 17.7 Å². The number of carbonyl (C=O) groups excluding carboxylic acids is 1. The van der Waals surface area contributed by atoms with E-state index in [0.717, 1.165) is 34.6 Å². The Balaban J connectivity index is 1.81. The fourth-order valence-corrected chi connectivity index (χ4v) is 3.14. The van der Waals surface area contributed by atoms with Crippen molar-refractivity contribution in [2.45, 2.75) is 53.2 Å². The van der Waals surface area contributed by atoms with Gasteiger partial charge in [-0.3, -0.25) is 15.3 Å². The Morgan fingerprint density at radius 1 is 1.12 bits per heavy atom. The van der Waals surface area contributed by atoms with E-state index in [1.807, 2.05) is 65.1 Å². The molecule has 2 aromatic rings. The maximum absolute atomic E-state index is 11.9. The fourth-order valence-electron chi connectivity index (χ4n) is 3.14. The van der Waals surface area contributed by atoms with Crippen LogP contribution in [-0.2, 0) is 17.7 Å². The zero-order chi connectivity index (χ0) is 23.7. The third kappa shape index (κ3) is 7.76. The van der Waals surface area contributed by atoms with Gasteiger partial charge in [0.05, 0.1) is 19.3 Å². The predicted molar refractivity (Wildman–Crippen MR) is 128 cm³/mol. The van der Waals surface area contributed by atoms with Crippen molar-refractivity contribution in [3.63, 3.8) is 0 Å². The first kappa shape index (κ1) is 25.0. The second kappa shape index (κ2) is 11.4. The van der Waals surface area contributed by atoms with Crippen LogP contribution in [0.25, 0.3) is 0 Å². The molecular weight excluding hydrogens is 406 g/mol. The van der Waals surface area contributed by atoms with Crippen LogP contribution in [-0.4, -0.2) is 43.3 Å². The van der Waals surface area contributed by atoms with Crippen LogP contribution < -0.4 is 20.7 Å². The van der Waals surface area contributed by atoms with E-state index in [1.54, 1.807) is 14.2 Å². The van der Waals surface area contributed by atoms with Crippen LogP contribution in [0.15, 0.2) is 35.5 Å². The van der Waals surface area contributed by atoms with Gasteiger partial charge in [-0.1, -0.05) is 12.1 Å². The number of anilines is 1. The number of pyridine rings is 1. The predicted octanol–water partition coefficient (Wildman–Crippen LogP) is 3.96. The molecule has 0 bridgehead atoms. The van der Waals surface area contributed by atoms with E-state index in [-0.39, 0.29) is 0 Å². The zero-order valence-corrected chi connectivity index (χ0v) is 20.1. The molecule has 0 radical (unpaired) electrons. The van der Waals surface area contributed by atoms with Gasteiger partial charge in [0.1, 0.15) is 11.4 Å². The molecule has 1 aromatic heterocycles. The number of carbonyl (C=O) groups is 1. The molecule has 3 N–H and O–H groups in total. The summed E-state index contributed by atoms with van der Waals surface area (Å²) in [5, 5.41) is 9.34. The zero-order valence-electron chi connectivity index (χ0n) is 20.1. The number of guanidine groups is 1. The second-order valence-corrected chi connectivity index (χ2v) is 8.47. The first-order valence-corrected chi connectivity index (χ1v) is 10.7. The number of aryl methyl sites for hydroxylation is 1. The smallest absolute Gasteiger partial charge is 0.412 e. The first-order valence-electron chi connectivity index (χ1n) is 10.7. The van der Waals surface area contributed by atoms with Gasteiger partial charge in [-0.25, -0.2) is 4.79 Å². The van der Waals surface area contributed by atoms with Gasteiger partial charge in [0.25, 0.3) is 0 Å². The number of rotatable bonds is 7. The van der Waals surface area contributed by atoms with Crippen LogP contribution in [0.4, 0.5) is 10.5 Å². The minimum Gasteiger partial charge on any atom is -0.496 e. The molecule has 0 saturated carbocycles. The third-order valence-electron chi connectivity index (χ3n) is 4.70. The van der Waals surface area contributed by atoms with Crippen LogP contribution in [0, 0.1) is 13.8 Å². The molecule has 0 aliphatic carbocycles. The summed E-state index contributed by atoms with van der Waals surface area (Å²) in [6.07, 6.45) is 2.17. The van der Waals surface area contributed by atoms with Crippen LogP contribution in [0.2, 0.25) is 0 Å². The second-order valence-electron chi connectivity index (χ2n) is 8.47. The van der Waals surface area contributed by atoms with E-state index in [2.05, 4.69) is 25.9 Å². The van der Waals surface area contributed by atoms with Crippen molar-refractivity contribution in [2.75, 3.05) is 26.0 Å². The summed E-state index contributed by atoms with van der Waals surface area (Å²) in [6, 6.07) is 7.70. The molecule has 0 unspecified atom stereocenters. The highest BCUT2D eigenvalue weighted by Gasteiger charge is 2.16. The molecule has 0 aliphatic rings. The van der Waals surface area contributed by atoms with E-state index in [1.165, 1.54) is 0 Å². The summed E-state index contributed by atoms with van der Waals surface area (Å²) < 4.78 is 10.7. The number of benzene rings is 1. The van der Waals surface area contributed by atoms with Crippen LogP contribution in [0.5, 0.6) is 5.75 Å². The van der Waals surface area contributed by atoms with Crippen LogP contribution in [0.3, 0.4) is 0 Å². The highest BCUT2D eigenvalue weighted by molar-refractivity contribution is 5.84. The Morgan fingerprint density at radius 3 is 2.41 bits per heavy atom. The van der Waals surface area contributed by atoms with Gasteiger partial charge in [0, 0.05) is 36.6 Å². The number of nitrogens with one attached hydrogen (secondary N) is 3. The molecule has 1 aromatic carbocycles. The molecular formula is C24H35N5O3. The number of methoxy groups -OCH3 is 1. The number of nitrogens with zero attached hydrogens (tertiary/aromatic N) is 2. The summed E-state index contributed by atoms with van der Waals surface area (Å²) >= 11 is 0. The van der Waals surface area contributed by atoms with E-state index in [4.69, 9.17) is 9.47 Å². The number of amides is 1. The average Bonchev–Trinajstić information content (AvgIpc) is 2.72. The lowest BCUT2D eigenvalue weighted by Crippen LogP contribution is -2.38. The van der Waals surface area contributed by atoms with Crippen molar-refractivity contribution < 1.29 is 14.3 Å². The molecule has 2 rings (SSSR count). The molecule has 1 heterocycles. The molecule has 1 amide bonds. The SMILES string of the molecule is CN=C(NCCc1ccc(NC(=O)OC(C)(C)C)cc1)NCc1ncc(C)c(OC)c1C. The minimum absolute atomic E-state index is 0.460. The molecule has 174 valence electrons. The van der Waals surface area contributed by atoms with Crippen LogP contribution >= 0.6 is 0 Å². The van der Waals surface area contributed by atoms with Crippen molar-refractivity contribution in [1.82, 2.24) is 15.6 Å². The van der Waals surface area contributed by atoms with Crippen molar-refractivity contribution in [3.05, 3.63) is 52.8 Å². The van der Waals surface area contributed by atoms with E-state index in [9.17, 15) is 4.79 Å². The molecule has 8 nitrogen and oxygen atoms in total. The molecule has 32 heavy (non-hydrogen) atoms. The fraction of sp³-hybridized carbons (Fsp3) is 0.458. The van der Waals surface area contributed by atoms with Gasteiger partial charge < -0.3 is 20.1 Å². The number of hydrogen-bond acceptors (Lipinski definition) is 5. The third-order valence-corrected chi connectivity index (χ3v) is 4.70. The largest absolute Gasteiger partial charge is 0.496 e. The number of ether oxygens (including phenoxy) is 2. The number of hydrogen-bond donors (Lipinski definition) is 3. The monoisotopic (exact) mass is 441 g/mol. The number of aromatic nitrogens is 1. The molecule has 8 heteroatoms. The maximum atomic E-state index is 11.9. The number of aliphatic imine (C=N–C) groups is 1. The van der Waals surface area contributed by atoms with Crippen molar-refractivity contribution in [1.29, 1.82) is 0 Å². The lowest BCUT2D eigenvalue weighted by molar-refractivity contribution is 0.0636. The van der Waals surface area contributed by atoms with Gasteiger partial charge in [-0.15, -0.1) is 0 Å². The van der Waals surface area contributed by atoms with E-state index >= 15 is 0 Å². The average molecular weight is 442 g/mol. The Hall–Kier alpha value is -3.29. The molecule has 0 saturated heterocycles.